The van der Waals surface area contributed by atoms with Gasteiger partial charge in [0.1, 0.15) is 0 Å². The van der Waals surface area contributed by atoms with Crippen LogP contribution in [0.4, 0.5) is 5.69 Å². The van der Waals surface area contributed by atoms with Crippen molar-refractivity contribution in [1.82, 2.24) is 10.3 Å². The smallest absolute Gasteiger partial charge is 0.251 e. The molecule has 3 aromatic rings. The summed E-state index contributed by atoms with van der Waals surface area (Å²) in [4.78, 5) is 16.8. The fourth-order valence-electron chi connectivity index (χ4n) is 3.75. The van der Waals surface area contributed by atoms with Gasteiger partial charge in [-0.1, -0.05) is 42.5 Å². The molecule has 3 N–H and O–H groups in total. The Hall–Kier alpha value is -3.18. The van der Waals surface area contributed by atoms with Gasteiger partial charge in [0, 0.05) is 23.5 Å². The first kappa shape index (κ1) is 19.2. The maximum absolute atomic E-state index is 12.7. The van der Waals surface area contributed by atoms with E-state index in [9.17, 15) is 4.79 Å². The van der Waals surface area contributed by atoms with Gasteiger partial charge >= 0.3 is 0 Å². The summed E-state index contributed by atoms with van der Waals surface area (Å²) in [5.74, 6) is -0.0672. The maximum atomic E-state index is 12.7. The van der Waals surface area contributed by atoms with Crippen LogP contribution in [0.25, 0.3) is 11.1 Å². The van der Waals surface area contributed by atoms with Crippen LogP contribution in [0.1, 0.15) is 35.2 Å². The van der Waals surface area contributed by atoms with E-state index in [-0.39, 0.29) is 18.1 Å². The Morgan fingerprint density at radius 3 is 2.59 bits per heavy atom. The number of nitrogens with one attached hydrogen (secondary N) is 1. The summed E-state index contributed by atoms with van der Waals surface area (Å²) in [5, 5.41) is 3.15. The lowest BCUT2D eigenvalue weighted by atomic mass is 10.0. The Morgan fingerprint density at radius 1 is 1.03 bits per heavy atom. The number of nitrogens with two attached hydrogens (primary N) is 1. The molecule has 0 spiro atoms. The van der Waals surface area contributed by atoms with E-state index in [4.69, 9.17) is 10.5 Å². The molecule has 0 aliphatic heterocycles. The summed E-state index contributed by atoms with van der Waals surface area (Å²) >= 11 is 0. The van der Waals surface area contributed by atoms with E-state index in [0.29, 0.717) is 17.9 Å². The van der Waals surface area contributed by atoms with Gasteiger partial charge in [-0.05, 0) is 48.6 Å². The molecule has 4 rings (SSSR count). The summed E-state index contributed by atoms with van der Waals surface area (Å²) in [7, 11) is 0. The Labute approximate surface area is 170 Å². The Balaban J connectivity index is 1.36. The van der Waals surface area contributed by atoms with Crippen molar-refractivity contribution < 1.29 is 9.53 Å². The number of rotatable bonds is 6. The average Bonchev–Trinajstić information content (AvgIpc) is 3.20. The number of ether oxygens (including phenoxy) is 1. The van der Waals surface area contributed by atoms with Crippen LogP contribution < -0.4 is 11.1 Å². The molecule has 29 heavy (non-hydrogen) atoms. The van der Waals surface area contributed by atoms with Gasteiger partial charge in [-0.15, -0.1) is 0 Å². The monoisotopic (exact) mass is 387 g/mol. The molecule has 1 aliphatic carbocycles. The van der Waals surface area contributed by atoms with Gasteiger partial charge in [0.05, 0.1) is 24.4 Å². The standard InChI is InChI=1S/C24H25N3O2/c25-21-13-20(14-26-15-21)18-9-11-19(12-10-18)24(28)27-22-7-4-8-23(22)29-16-17-5-2-1-3-6-17/h1-3,5-6,9-15,22-23H,4,7-8,16,25H2,(H,27,28). The molecule has 1 fully saturated rings. The second kappa shape index (κ2) is 8.88. The Morgan fingerprint density at radius 2 is 1.83 bits per heavy atom. The number of carbonyl (C=O) groups is 1. The van der Waals surface area contributed by atoms with Crippen molar-refractivity contribution in [3.63, 3.8) is 0 Å². The number of aromatic nitrogens is 1. The number of anilines is 1. The van der Waals surface area contributed by atoms with E-state index in [2.05, 4.69) is 22.4 Å². The lowest BCUT2D eigenvalue weighted by Crippen LogP contribution is -2.41. The molecule has 1 saturated carbocycles. The van der Waals surface area contributed by atoms with Gasteiger partial charge < -0.3 is 15.8 Å². The second-order valence-electron chi connectivity index (χ2n) is 7.43. The zero-order chi connectivity index (χ0) is 20.1. The third kappa shape index (κ3) is 4.81. The topological polar surface area (TPSA) is 77.2 Å². The van der Waals surface area contributed by atoms with Gasteiger partial charge in [-0.25, -0.2) is 0 Å². The number of nitrogens with zero attached hydrogens (tertiary/aromatic N) is 1. The number of nitrogen functional groups attached to an aromatic ring is 1. The number of hydrogen-bond acceptors (Lipinski definition) is 4. The molecular weight excluding hydrogens is 362 g/mol. The third-order valence-electron chi connectivity index (χ3n) is 5.32. The first-order chi connectivity index (χ1) is 14.2. The van der Waals surface area contributed by atoms with Gasteiger partial charge in [0.2, 0.25) is 0 Å². The molecular formula is C24H25N3O2. The molecule has 0 bridgehead atoms. The highest BCUT2D eigenvalue weighted by molar-refractivity contribution is 5.95. The van der Waals surface area contributed by atoms with Crippen LogP contribution in [-0.2, 0) is 11.3 Å². The number of amides is 1. The molecule has 0 saturated heterocycles. The lowest BCUT2D eigenvalue weighted by Gasteiger charge is -2.21. The molecule has 2 unspecified atom stereocenters. The first-order valence-electron chi connectivity index (χ1n) is 9.96. The van der Waals surface area contributed by atoms with Gasteiger partial charge in [-0.3, -0.25) is 9.78 Å². The second-order valence-corrected chi connectivity index (χ2v) is 7.43. The van der Waals surface area contributed by atoms with Crippen molar-refractivity contribution in [3.8, 4) is 11.1 Å². The van der Waals surface area contributed by atoms with Crippen LogP contribution in [0.3, 0.4) is 0 Å². The zero-order valence-corrected chi connectivity index (χ0v) is 16.3. The Kier molecular flexibility index (Phi) is 5.86. The van der Waals surface area contributed by atoms with Crippen LogP contribution in [0.5, 0.6) is 0 Å². The summed E-state index contributed by atoms with van der Waals surface area (Å²) in [6.45, 7) is 0.570. The van der Waals surface area contributed by atoms with Crippen molar-refractivity contribution in [2.75, 3.05) is 5.73 Å². The minimum Gasteiger partial charge on any atom is -0.397 e. The predicted molar refractivity (Wildman–Crippen MR) is 114 cm³/mol. The average molecular weight is 387 g/mol. The van der Waals surface area contributed by atoms with Crippen molar-refractivity contribution in [1.29, 1.82) is 0 Å². The molecule has 0 radical (unpaired) electrons. The zero-order valence-electron chi connectivity index (χ0n) is 16.3. The maximum Gasteiger partial charge on any atom is 0.251 e. The van der Waals surface area contributed by atoms with Gasteiger partial charge in [0.15, 0.2) is 0 Å². The van der Waals surface area contributed by atoms with Crippen LogP contribution in [0.2, 0.25) is 0 Å². The van der Waals surface area contributed by atoms with E-state index in [0.717, 1.165) is 36.0 Å². The van der Waals surface area contributed by atoms with E-state index in [1.165, 1.54) is 0 Å². The number of benzene rings is 2. The summed E-state index contributed by atoms with van der Waals surface area (Å²) in [6, 6.07) is 19.6. The number of pyridine rings is 1. The third-order valence-corrected chi connectivity index (χ3v) is 5.32. The quantitative estimate of drug-likeness (QED) is 0.665. The van der Waals surface area contributed by atoms with Crippen molar-refractivity contribution in [3.05, 3.63) is 84.2 Å². The molecule has 2 aromatic carbocycles. The highest BCUT2D eigenvalue weighted by Gasteiger charge is 2.29. The lowest BCUT2D eigenvalue weighted by molar-refractivity contribution is 0.0272. The fourth-order valence-corrected chi connectivity index (χ4v) is 3.75. The summed E-state index contributed by atoms with van der Waals surface area (Å²) in [5.41, 5.74) is 10.1. The van der Waals surface area contributed by atoms with E-state index in [1.54, 1.807) is 12.4 Å². The van der Waals surface area contributed by atoms with Crippen molar-refractivity contribution in [2.24, 2.45) is 0 Å². The molecule has 1 aromatic heterocycles. The van der Waals surface area contributed by atoms with Crippen LogP contribution in [0.15, 0.2) is 73.1 Å². The van der Waals surface area contributed by atoms with E-state index in [1.807, 2.05) is 48.5 Å². The molecule has 1 amide bonds. The van der Waals surface area contributed by atoms with Crippen molar-refractivity contribution in [2.45, 2.75) is 38.0 Å². The van der Waals surface area contributed by atoms with Crippen LogP contribution in [-0.4, -0.2) is 23.0 Å². The van der Waals surface area contributed by atoms with Gasteiger partial charge in [-0.2, -0.15) is 0 Å². The fraction of sp³-hybridized carbons (Fsp3) is 0.250. The first-order valence-corrected chi connectivity index (χ1v) is 9.96. The highest BCUT2D eigenvalue weighted by atomic mass is 16.5. The molecule has 5 nitrogen and oxygen atoms in total. The molecule has 1 heterocycles. The molecule has 1 aliphatic rings. The summed E-state index contributed by atoms with van der Waals surface area (Å²) in [6.07, 6.45) is 6.40. The van der Waals surface area contributed by atoms with Crippen LogP contribution in [0, 0.1) is 0 Å². The van der Waals surface area contributed by atoms with Crippen LogP contribution >= 0.6 is 0 Å². The SMILES string of the molecule is Nc1cncc(-c2ccc(C(=O)NC3CCCC3OCc3ccccc3)cc2)c1. The van der Waals surface area contributed by atoms with E-state index < -0.39 is 0 Å². The van der Waals surface area contributed by atoms with E-state index >= 15 is 0 Å². The molecule has 5 heteroatoms. The largest absolute Gasteiger partial charge is 0.397 e. The summed E-state index contributed by atoms with van der Waals surface area (Å²) < 4.78 is 6.09. The predicted octanol–water partition coefficient (Wildman–Crippen LogP) is 4.20. The minimum absolute atomic E-state index is 0.0454. The normalized spacial score (nSPS) is 18.5. The highest BCUT2D eigenvalue weighted by Crippen LogP contribution is 2.24. The number of hydrogen-bond donors (Lipinski definition) is 2. The number of carbonyl (C=O) groups excluding carboxylic acids is 1. The van der Waals surface area contributed by atoms with Crippen molar-refractivity contribution >= 4 is 11.6 Å². The Bertz CT molecular complexity index is 957. The molecule has 148 valence electrons. The molecule has 2 atom stereocenters. The van der Waals surface area contributed by atoms with Gasteiger partial charge in [0.25, 0.3) is 5.91 Å². The minimum atomic E-state index is -0.0672.